The molecule has 4 nitrogen and oxygen atoms in total. The molecule has 0 atom stereocenters. The topological polar surface area (TPSA) is 60.2 Å². The van der Waals surface area contributed by atoms with Crippen molar-refractivity contribution in [2.75, 3.05) is 5.43 Å². The third-order valence-corrected chi connectivity index (χ3v) is 2.44. The van der Waals surface area contributed by atoms with Gasteiger partial charge in [-0.05, 0) is 30.3 Å². The van der Waals surface area contributed by atoms with E-state index in [1.54, 1.807) is 24.4 Å². The Balaban J connectivity index is 1.95. The van der Waals surface area contributed by atoms with E-state index in [0.29, 0.717) is 17.4 Å². The molecule has 5 heteroatoms. The van der Waals surface area contributed by atoms with Crippen molar-refractivity contribution < 1.29 is 4.74 Å². The van der Waals surface area contributed by atoms with Gasteiger partial charge in [0.1, 0.15) is 18.2 Å². The highest BCUT2D eigenvalue weighted by atomic mass is 35.5. The second-order valence-electron chi connectivity index (χ2n) is 3.44. The lowest BCUT2D eigenvalue weighted by atomic mass is 10.3. The SMILES string of the molecule is NNc1ccc(COc2ccc(Cl)cc2)cn1. The molecule has 0 aliphatic carbocycles. The molecule has 1 heterocycles. The molecule has 17 heavy (non-hydrogen) atoms. The highest BCUT2D eigenvalue weighted by Gasteiger charge is 1.97. The summed E-state index contributed by atoms with van der Waals surface area (Å²) in [5.41, 5.74) is 3.44. The lowest BCUT2D eigenvalue weighted by Crippen LogP contribution is -2.08. The van der Waals surface area contributed by atoms with E-state index in [0.717, 1.165) is 11.3 Å². The normalized spacial score (nSPS) is 10.0. The van der Waals surface area contributed by atoms with Gasteiger partial charge in [-0.2, -0.15) is 0 Å². The third-order valence-electron chi connectivity index (χ3n) is 2.19. The van der Waals surface area contributed by atoms with Crippen molar-refractivity contribution >= 4 is 17.4 Å². The standard InChI is InChI=1S/C12H12ClN3O/c13-10-2-4-11(5-3-10)17-8-9-1-6-12(16-14)15-7-9/h1-7H,8,14H2,(H,15,16). The molecule has 0 fully saturated rings. The molecule has 0 unspecified atom stereocenters. The fraction of sp³-hybridized carbons (Fsp3) is 0.0833. The van der Waals surface area contributed by atoms with Crippen molar-refractivity contribution in [2.45, 2.75) is 6.61 Å². The highest BCUT2D eigenvalue weighted by Crippen LogP contribution is 2.16. The molecule has 1 aromatic heterocycles. The molecule has 0 radical (unpaired) electrons. The Labute approximate surface area is 104 Å². The van der Waals surface area contributed by atoms with Crippen molar-refractivity contribution in [1.29, 1.82) is 0 Å². The first-order valence-corrected chi connectivity index (χ1v) is 5.45. The van der Waals surface area contributed by atoms with E-state index >= 15 is 0 Å². The van der Waals surface area contributed by atoms with Crippen molar-refractivity contribution in [3.8, 4) is 5.75 Å². The number of nitrogens with two attached hydrogens (primary N) is 1. The largest absolute Gasteiger partial charge is 0.489 e. The number of pyridine rings is 1. The van der Waals surface area contributed by atoms with Crippen LogP contribution in [0.15, 0.2) is 42.6 Å². The van der Waals surface area contributed by atoms with Gasteiger partial charge in [0.25, 0.3) is 0 Å². The van der Waals surface area contributed by atoms with E-state index in [2.05, 4.69) is 10.4 Å². The average Bonchev–Trinajstić information content (AvgIpc) is 2.39. The van der Waals surface area contributed by atoms with Crippen LogP contribution in [-0.4, -0.2) is 4.98 Å². The van der Waals surface area contributed by atoms with Gasteiger partial charge in [-0.25, -0.2) is 10.8 Å². The Kier molecular flexibility index (Phi) is 3.80. The summed E-state index contributed by atoms with van der Waals surface area (Å²) in [6.45, 7) is 0.458. The molecule has 0 aliphatic rings. The van der Waals surface area contributed by atoms with Gasteiger partial charge in [0.2, 0.25) is 0 Å². The number of hydrazine groups is 1. The van der Waals surface area contributed by atoms with E-state index in [9.17, 15) is 0 Å². The Morgan fingerprint density at radius 1 is 1.18 bits per heavy atom. The van der Waals surface area contributed by atoms with Gasteiger partial charge >= 0.3 is 0 Å². The lowest BCUT2D eigenvalue weighted by molar-refractivity contribution is 0.306. The van der Waals surface area contributed by atoms with Crippen LogP contribution in [0.1, 0.15) is 5.56 Å². The van der Waals surface area contributed by atoms with Gasteiger partial charge in [0.15, 0.2) is 0 Å². The fourth-order valence-corrected chi connectivity index (χ4v) is 1.42. The Morgan fingerprint density at radius 2 is 1.94 bits per heavy atom. The van der Waals surface area contributed by atoms with Crippen LogP contribution in [-0.2, 0) is 6.61 Å². The maximum absolute atomic E-state index is 5.78. The number of ether oxygens (including phenoxy) is 1. The molecule has 0 aliphatic heterocycles. The zero-order valence-electron chi connectivity index (χ0n) is 9.06. The molecule has 0 saturated heterocycles. The number of hydrogen-bond donors (Lipinski definition) is 2. The molecule has 0 spiro atoms. The van der Waals surface area contributed by atoms with E-state index in [1.165, 1.54) is 0 Å². The molecular weight excluding hydrogens is 238 g/mol. The maximum atomic E-state index is 5.78. The maximum Gasteiger partial charge on any atom is 0.139 e. The van der Waals surface area contributed by atoms with Crippen LogP contribution in [0.2, 0.25) is 5.02 Å². The summed E-state index contributed by atoms with van der Waals surface area (Å²) in [5, 5.41) is 0.692. The summed E-state index contributed by atoms with van der Waals surface area (Å²) in [6.07, 6.45) is 1.71. The Morgan fingerprint density at radius 3 is 2.53 bits per heavy atom. The minimum Gasteiger partial charge on any atom is -0.489 e. The van der Waals surface area contributed by atoms with Crippen LogP contribution < -0.4 is 16.0 Å². The van der Waals surface area contributed by atoms with E-state index in [-0.39, 0.29) is 0 Å². The number of benzene rings is 1. The Bertz CT molecular complexity index is 470. The first-order valence-electron chi connectivity index (χ1n) is 5.08. The lowest BCUT2D eigenvalue weighted by Gasteiger charge is -2.06. The highest BCUT2D eigenvalue weighted by molar-refractivity contribution is 6.30. The van der Waals surface area contributed by atoms with Gasteiger partial charge in [-0.1, -0.05) is 17.7 Å². The van der Waals surface area contributed by atoms with Gasteiger partial charge in [-0.3, -0.25) is 0 Å². The number of nitrogens with one attached hydrogen (secondary N) is 1. The third kappa shape index (κ3) is 3.34. The van der Waals surface area contributed by atoms with E-state index < -0.39 is 0 Å². The smallest absolute Gasteiger partial charge is 0.139 e. The van der Waals surface area contributed by atoms with Crippen LogP contribution >= 0.6 is 11.6 Å². The molecule has 88 valence electrons. The zero-order valence-corrected chi connectivity index (χ0v) is 9.82. The zero-order chi connectivity index (χ0) is 12.1. The second-order valence-corrected chi connectivity index (χ2v) is 3.88. The number of hydrogen-bond acceptors (Lipinski definition) is 4. The molecule has 0 saturated carbocycles. The minimum absolute atomic E-state index is 0.458. The van der Waals surface area contributed by atoms with E-state index in [1.807, 2.05) is 18.2 Å². The van der Waals surface area contributed by atoms with Gasteiger partial charge in [-0.15, -0.1) is 0 Å². The molecule has 0 amide bonds. The minimum atomic E-state index is 0.458. The van der Waals surface area contributed by atoms with Gasteiger partial charge < -0.3 is 10.2 Å². The van der Waals surface area contributed by atoms with Crippen molar-refractivity contribution in [1.82, 2.24) is 4.98 Å². The predicted molar refractivity (Wildman–Crippen MR) is 67.8 cm³/mol. The van der Waals surface area contributed by atoms with Crippen LogP contribution in [0.5, 0.6) is 5.75 Å². The average molecular weight is 250 g/mol. The molecule has 2 rings (SSSR count). The summed E-state index contributed by atoms with van der Waals surface area (Å²) in [7, 11) is 0. The summed E-state index contributed by atoms with van der Waals surface area (Å²) < 4.78 is 5.57. The van der Waals surface area contributed by atoms with Gasteiger partial charge in [0.05, 0.1) is 0 Å². The first-order chi connectivity index (χ1) is 8.28. The monoisotopic (exact) mass is 249 g/mol. The van der Waals surface area contributed by atoms with Crippen molar-refractivity contribution in [3.05, 3.63) is 53.2 Å². The molecule has 1 aromatic carbocycles. The molecular formula is C12H12ClN3O. The number of aromatic nitrogens is 1. The summed E-state index contributed by atoms with van der Waals surface area (Å²) >= 11 is 5.78. The van der Waals surface area contributed by atoms with Crippen LogP contribution in [0.3, 0.4) is 0 Å². The quantitative estimate of drug-likeness (QED) is 0.646. The Hall–Kier alpha value is -1.78. The molecule has 2 aromatic rings. The van der Waals surface area contributed by atoms with Crippen molar-refractivity contribution in [2.24, 2.45) is 5.84 Å². The molecule has 0 bridgehead atoms. The summed E-state index contributed by atoms with van der Waals surface area (Å²) in [5.74, 6) is 6.62. The summed E-state index contributed by atoms with van der Waals surface area (Å²) in [6, 6.07) is 10.9. The number of nitrogen functional groups attached to an aromatic ring is 1. The first kappa shape index (κ1) is 11.7. The number of rotatable bonds is 4. The van der Waals surface area contributed by atoms with E-state index in [4.69, 9.17) is 22.2 Å². The fourth-order valence-electron chi connectivity index (χ4n) is 1.29. The summed E-state index contributed by atoms with van der Waals surface area (Å²) in [4.78, 5) is 4.09. The molecule has 3 N–H and O–H groups in total. The second kappa shape index (κ2) is 5.52. The van der Waals surface area contributed by atoms with Crippen LogP contribution in [0.4, 0.5) is 5.82 Å². The number of nitrogens with zero attached hydrogens (tertiary/aromatic N) is 1. The number of halogens is 1. The predicted octanol–water partition coefficient (Wildman–Crippen LogP) is 2.60. The van der Waals surface area contributed by atoms with Gasteiger partial charge in [0, 0.05) is 16.8 Å². The van der Waals surface area contributed by atoms with Crippen molar-refractivity contribution in [3.63, 3.8) is 0 Å². The van der Waals surface area contributed by atoms with Crippen LogP contribution in [0, 0.1) is 0 Å². The number of anilines is 1. The van der Waals surface area contributed by atoms with Crippen LogP contribution in [0.25, 0.3) is 0 Å².